The van der Waals surface area contributed by atoms with E-state index in [1.165, 1.54) is 12.1 Å². The van der Waals surface area contributed by atoms with Crippen LogP contribution in [0.2, 0.25) is 0 Å². The summed E-state index contributed by atoms with van der Waals surface area (Å²) in [7, 11) is 0. The monoisotopic (exact) mass is 368 g/mol. The molecule has 1 aliphatic rings. The normalized spacial score (nSPS) is 19.3. The van der Waals surface area contributed by atoms with Crippen molar-refractivity contribution in [2.24, 2.45) is 5.92 Å². The van der Waals surface area contributed by atoms with Crippen molar-refractivity contribution in [2.75, 3.05) is 13.2 Å². The topological polar surface area (TPSA) is 9.23 Å². The van der Waals surface area contributed by atoms with Crippen LogP contribution in [0.3, 0.4) is 0 Å². The summed E-state index contributed by atoms with van der Waals surface area (Å²) in [4.78, 5) is -0.158. The van der Waals surface area contributed by atoms with Crippen LogP contribution >= 0.6 is 31.9 Å². The van der Waals surface area contributed by atoms with Gasteiger partial charge in [0.2, 0.25) is 0 Å². The average Bonchev–Trinajstić information content (AvgIpc) is 2.34. The molecule has 1 aliphatic heterocycles. The molecule has 0 saturated carbocycles. The second-order valence-electron chi connectivity index (χ2n) is 4.14. The maximum Gasteiger partial charge on any atom is 0.137 e. The molecule has 5 heteroatoms. The van der Waals surface area contributed by atoms with Gasteiger partial charge in [0.05, 0.1) is 4.47 Å². The first-order valence-corrected chi connectivity index (χ1v) is 7.16. The van der Waals surface area contributed by atoms with Gasteiger partial charge in [-0.1, -0.05) is 15.9 Å². The number of hydrogen-bond acceptors (Lipinski definition) is 1. The highest BCUT2D eigenvalue weighted by molar-refractivity contribution is 9.10. The lowest BCUT2D eigenvalue weighted by molar-refractivity contribution is 0.0659. The Morgan fingerprint density at radius 2 is 1.82 bits per heavy atom. The maximum atomic E-state index is 13.8. The van der Waals surface area contributed by atoms with Gasteiger partial charge in [-0.3, -0.25) is 0 Å². The fourth-order valence-corrected chi connectivity index (χ4v) is 3.21. The first-order chi connectivity index (χ1) is 8.09. The second kappa shape index (κ2) is 5.76. The highest BCUT2D eigenvalue weighted by atomic mass is 79.9. The van der Waals surface area contributed by atoms with E-state index in [1.54, 1.807) is 0 Å². The van der Waals surface area contributed by atoms with E-state index < -0.39 is 5.82 Å². The lowest BCUT2D eigenvalue weighted by Gasteiger charge is -2.27. The summed E-state index contributed by atoms with van der Waals surface area (Å²) in [5, 5.41) is 0. The molecule has 1 unspecified atom stereocenters. The van der Waals surface area contributed by atoms with E-state index in [-0.39, 0.29) is 15.1 Å². The fraction of sp³-hybridized carbons (Fsp3) is 0.500. The van der Waals surface area contributed by atoms with Gasteiger partial charge in [-0.25, -0.2) is 8.78 Å². The summed E-state index contributed by atoms with van der Waals surface area (Å²) < 4.78 is 32.6. The Kier molecular flexibility index (Phi) is 4.55. The second-order valence-corrected chi connectivity index (χ2v) is 5.98. The predicted octanol–water partition coefficient (Wildman–Crippen LogP) is 4.59. The first-order valence-electron chi connectivity index (χ1n) is 5.46. The molecule has 1 aromatic carbocycles. The molecule has 0 aliphatic carbocycles. The smallest absolute Gasteiger partial charge is 0.137 e. The fourth-order valence-electron chi connectivity index (χ4n) is 2.01. The zero-order valence-electron chi connectivity index (χ0n) is 9.06. The first kappa shape index (κ1) is 13.4. The maximum absolute atomic E-state index is 13.8. The van der Waals surface area contributed by atoms with E-state index in [4.69, 9.17) is 4.74 Å². The van der Waals surface area contributed by atoms with Crippen LogP contribution in [0.25, 0.3) is 0 Å². The molecule has 1 nitrogen and oxygen atoms in total. The number of benzene rings is 1. The van der Waals surface area contributed by atoms with Gasteiger partial charge in [-0.2, -0.15) is 0 Å². The van der Waals surface area contributed by atoms with Crippen molar-refractivity contribution in [3.63, 3.8) is 0 Å². The Hall–Kier alpha value is -0.000000000000000111. The summed E-state index contributed by atoms with van der Waals surface area (Å²) in [6, 6.07) is 2.44. The Labute approximate surface area is 116 Å². The van der Waals surface area contributed by atoms with Crippen LogP contribution in [0.4, 0.5) is 8.78 Å². The number of ether oxygens (including phenoxy) is 1. The molecule has 0 spiro atoms. The zero-order chi connectivity index (χ0) is 12.4. The molecule has 1 saturated heterocycles. The SMILES string of the molecule is Fc1cc(C(Br)C2CCOCC2)c(F)cc1Br. The van der Waals surface area contributed by atoms with Crippen LogP contribution in [-0.2, 0) is 4.74 Å². The van der Waals surface area contributed by atoms with Crippen LogP contribution in [-0.4, -0.2) is 13.2 Å². The summed E-state index contributed by atoms with van der Waals surface area (Å²) >= 11 is 6.45. The van der Waals surface area contributed by atoms with Crippen molar-refractivity contribution in [3.05, 3.63) is 33.8 Å². The van der Waals surface area contributed by atoms with Crippen molar-refractivity contribution in [2.45, 2.75) is 17.7 Å². The molecule has 1 aromatic rings. The number of rotatable bonds is 2. The van der Waals surface area contributed by atoms with Gasteiger partial charge >= 0.3 is 0 Å². The summed E-state index contributed by atoms with van der Waals surface area (Å²) in [6.07, 6.45) is 1.74. The molecule has 0 bridgehead atoms. The van der Waals surface area contributed by atoms with Gasteiger partial charge in [0.25, 0.3) is 0 Å². The van der Waals surface area contributed by atoms with Crippen molar-refractivity contribution in [1.29, 1.82) is 0 Å². The van der Waals surface area contributed by atoms with Crippen LogP contribution in [0.1, 0.15) is 23.2 Å². The minimum atomic E-state index is -0.432. The van der Waals surface area contributed by atoms with Crippen LogP contribution in [0, 0.1) is 17.6 Å². The van der Waals surface area contributed by atoms with Crippen molar-refractivity contribution < 1.29 is 13.5 Å². The molecule has 1 heterocycles. The van der Waals surface area contributed by atoms with E-state index in [0.717, 1.165) is 12.8 Å². The minimum Gasteiger partial charge on any atom is -0.381 e. The largest absolute Gasteiger partial charge is 0.381 e. The van der Waals surface area contributed by atoms with Crippen molar-refractivity contribution in [3.8, 4) is 0 Å². The quantitative estimate of drug-likeness (QED) is 0.547. The minimum absolute atomic E-state index is 0.158. The van der Waals surface area contributed by atoms with Gasteiger partial charge in [0.15, 0.2) is 0 Å². The summed E-state index contributed by atoms with van der Waals surface area (Å²) in [6.45, 7) is 1.38. The van der Waals surface area contributed by atoms with E-state index in [1.807, 2.05) is 0 Å². The molecule has 1 fully saturated rings. The molecular formula is C12H12Br2F2O. The highest BCUT2D eigenvalue weighted by Gasteiger charge is 2.26. The van der Waals surface area contributed by atoms with Crippen molar-refractivity contribution in [1.82, 2.24) is 0 Å². The third-order valence-electron chi connectivity index (χ3n) is 3.02. The van der Waals surface area contributed by atoms with Gasteiger partial charge in [0, 0.05) is 23.6 Å². The number of halogens is 4. The lowest BCUT2D eigenvalue weighted by atomic mass is 9.92. The Bertz CT molecular complexity index is 406. The van der Waals surface area contributed by atoms with E-state index in [9.17, 15) is 8.78 Å². The van der Waals surface area contributed by atoms with Crippen LogP contribution in [0.5, 0.6) is 0 Å². The van der Waals surface area contributed by atoms with Gasteiger partial charge in [0.1, 0.15) is 11.6 Å². The molecule has 0 aromatic heterocycles. The number of alkyl halides is 1. The average molecular weight is 370 g/mol. The summed E-state index contributed by atoms with van der Waals surface area (Å²) in [5.41, 5.74) is 0.387. The van der Waals surface area contributed by atoms with Crippen LogP contribution in [0.15, 0.2) is 16.6 Å². The van der Waals surface area contributed by atoms with E-state index >= 15 is 0 Å². The Balaban J connectivity index is 2.23. The lowest BCUT2D eigenvalue weighted by Crippen LogP contribution is -2.20. The van der Waals surface area contributed by atoms with E-state index in [0.29, 0.717) is 24.7 Å². The Morgan fingerprint density at radius 1 is 1.18 bits per heavy atom. The summed E-state index contributed by atoms with van der Waals surface area (Å²) in [5.74, 6) is -0.525. The molecule has 17 heavy (non-hydrogen) atoms. The van der Waals surface area contributed by atoms with Gasteiger partial charge in [-0.15, -0.1) is 0 Å². The molecule has 0 N–H and O–H groups in total. The van der Waals surface area contributed by atoms with Gasteiger partial charge in [-0.05, 0) is 46.8 Å². The van der Waals surface area contributed by atoms with Crippen LogP contribution < -0.4 is 0 Å². The Morgan fingerprint density at radius 3 is 2.47 bits per heavy atom. The highest BCUT2D eigenvalue weighted by Crippen LogP contribution is 2.39. The predicted molar refractivity (Wildman–Crippen MR) is 69.3 cm³/mol. The third-order valence-corrected chi connectivity index (χ3v) is 4.87. The van der Waals surface area contributed by atoms with E-state index in [2.05, 4.69) is 31.9 Å². The third kappa shape index (κ3) is 3.06. The zero-order valence-corrected chi connectivity index (χ0v) is 12.2. The standard InChI is InChI=1S/C12H12Br2F2O/c13-9-6-10(15)8(5-11(9)16)12(14)7-1-3-17-4-2-7/h5-7,12H,1-4H2. The molecule has 0 radical (unpaired) electrons. The molecule has 1 atom stereocenters. The molecule has 2 rings (SSSR count). The van der Waals surface area contributed by atoms with Crippen molar-refractivity contribution >= 4 is 31.9 Å². The van der Waals surface area contributed by atoms with Gasteiger partial charge < -0.3 is 4.74 Å². The molecule has 0 amide bonds. The number of hydrogen-bond donors (Lipinski definition) is 0. The molecular weight excluding hydrogens is 358 g/mol. The molecule has 94 valence electrons.